The molecule has 14 heavy (non-hydrogen) atoms. The van der Waals surface area contributed by atoms with E-state index >= 15 is 0 Å². The molecule has 2 heteroatoms. The highest BCUT2D eigenvalue weighted by atomic mass is 32.2. The van der Waals surface area contributed by atoms with E-state index in [2.05, 4.69) is 26.8 Å². The molecule has 0 aliphatic rings. The van der Waals surface area contributed by atoms with Gasteiger partial charge < -0.3 is 0 Å². The van der Waals surface area contributed by atoms with E-state index in [9.17, 15) is 4.79 Å². The highest BCUT2D eigenvalue weighted by Crippen LogP contribution is 2.16. The topological polar surface area (TPSA) is 17.1 Å². The van der Waals surface area contributed by atoms with Crippen molar-refractivity contribution in [2.75, 3.05) is 5.75 Å². The van der Waals surface area contributed by atoms with Gasteiger partial charge in [-0.1, -0.05) is 37.3 Å². The van der Waals surface area contributed by atoms with Crippen molar-refractivity contribution >= 4 is 16.9 Å². The molecule has 82 valence electrons. The summed E-state index contributed by atoms with van der Waals surface area (Å²) in [5.74, 6) is 1.43. The van der Waals surface area contributed by atoms with Crippen LogP contribution in [0.4, 0.5) is 0 Å². The van der Waals surface area contributed by atoms with E-state index in [0.29, 0.717) is 11.0 Å². The number of thioether (sulfide) groups is 1. The smallest absolute Gasteiger partial charge is 0.189 e. The van der Waals surface area contributed by atoms with Crippen LogP contribution in [0.25, 0.3) is 0 Å². The average Bonchev–Trinajstić information content (AvgIpc) is 2.03. The van der Waals surface area contributed by atoms with Crippen molar-refractivity contribution in [2.24, 2.45) is 5.92 Å². The lowest BCUT2D eigenvalue weighted by atomic mass is 10.0. The van der Waals surface area contributed by atoms with E-state index in [-0.39, 0.29) is 0 Å². The van der Waals surface area contributed by atoms with Gasteiger partial charge in [0.1, 0.15) is 0 Å². The number of allylic oxidation sites excluding steroid dienone is 2. The predicted octanol–water partition coefficient (Wildman–Crippen LogP) is 4.04. The van der Waals surface area contributed by atoms with Gasteiger partial charge >= 0.3 is 0 Å². The summed E-state index contributed by atoms with van der Waals surface area (Å²) < 4.78 is 0. The Hall–Kier alpha value is -0.240. The maximum Gasteiger partial charge on any atom is 0.189 e. The van der Waals surface area contributed by atoms with Crippen molar-refractivity contribution in [3.05, 3.63) is 11.6 Å². The van der Waals surface area contributed by atoms with Gasteiger partial charge in [0.05, 0.1) is 0 Å². The highest BCUT2D eigenvalue weighted by molar-refractivity contribution is 8.13. The van der Waals surface area contributed by atoms with Gasteiger partial charge in [-0.05, 0) is 38.4 Å². The van der Waals surface area contributed by atoms with Gasteiger partial charge in [-0.25, -0.2) is 0 Å². The molecule has 0 aromatic carbocycles. The van der Waals surface area contributed by atoms with Crippen molar-refractivity contribution in [1.29, 1.82) is 0 Å². The second-order valence-electron chi connectivity index (χ2n) is 3.97. The third-order valence-electron chi connectivity index (χ3n) is 2.03. The fraction of sp³-hybridized carbons (Fsp3) is 0.750. The minimum Gasteiger partial charge on any atom is -0.287 e. The third-order valence-corrected chi connectivity index (χ3v) is 2.81. The van der Waals surface area contributed by atoms with Crippen LogP contribution < -0.4 is 0 Å². The van der Waals surface area contributed by atoms with Crippen LogP contribution in [-0.4, -0.2) is 10.9 Å². The molecule has 0 heterocycles. The van der Waals surface area contributed by atoms with E-state index in [1.165, 1.54) is 17.3 Å². The molecule has 0 spiro atoms. The zero-order chi connectivity index (χ0) is 11.0. The molecule has 0 aliphatic carbocycles. The quantitative estimate of drug-likeness (QED) is 0.621. The summed E-state index contributed by atoms with van der Waals surface area (Å²) in [5, 5.41) is 0.345. The molecule has 0 fully saturated rings. The van der Waals surface area contributed by atoms with Crippen LogP contribution in [0.15, 0.2) is 11.6 Å². The van der Waals surface area contributed by atoms with Crippen LogP contribution in [0.1, 0.15) is 47.0 Å². The molecule has 1 atom stereocenters. The van der Waals surface area contributed by atoms with E-state index in [0.717, 1.165) is 25.0 Å². The Morgan fingerprint density at radius 2 is 2.07 bits per heavy atom. The van der Waals surface area contributed by atoms with E-state index < -0.39 is 0 Å². The third kappa shape index (κ3) is 8.36. The first-order valence-corrected chi connectivity index (χ1v) is 6.33. The Balaban J connectivity index is 3.59. The van der Waals surface area contributed by atoms with Gasteiger partial charge in [-0.2, -0.15) is 0 Å². The van der Waals surface area contributed by atoms with E-state index in [1.54, 1.807) is 0 Å². The summed E-state index contributed by atoms with van der Waals surface area (Å²) in [5.41, 5.74) is 1.37. The molecule has 0 saturated carbocycles. The lowest BCUT2D eigenvalue weighted by molar-refractivity contribution is -0.111. The zero-order valence-corrected chi connectivity index (χ0v) is 10.6. The number of hydrogen-bond donors (Lipinski definition) is 0. The Morgan fingerprint density at radius 1 is 1.43 bits per heavy atom. The monoisotopic (exact) mass is 214 g/mol. The normalized spacial score (nSPS) is 12.3. The molecular weight excluding hydrogens is 192 g/mol. The van der Waals surface area contributed by atoms with Crippen LogP contribution in [-0.2, 0) is 4.79 Å². The standard InChI is InChI=1S/C12H22OS/c1-5-14-12(13)9-11(4)8-6-7-10(2)3/h7,11H,5-6,8-9H2,1-4H3. The van der Waals surface area contributed by atoms with Crippen LogP contribution in [0.3, 0.4) is 0 Å². The molecule has 0 N–H and O–H groups in total. The Kier molecular flexibility index (Phi) is 7.96. The summed E-state index contributed by atoms with van der Waals surface area (Å²) in [4.78, 5) is 11.3. The van der Waals surface area contributed by atoms with Crippen molar-refractivity contribution in [3.63, 3.8) is 0 Å². The summed E-state index contributed by atoms with van der Waals surface area (Å²) >= 11 is 1.45. The molecule has 0 rings (SSSR count). The Labute approximate surface area is 92.3 Å². The van der Waals surface area contributed by atoms with Crippen LogP contribution in [0.5, 0.6) is 0 Å². The summed E-state index contributed by atoms with van der Waals surface area (Å²) in [6.45, 7) is 8.41. The maximum absolute atomic E-state index is 11.3. The first kappa shape index (κ1) is 13.8. The SMILES string of the molecule is CCSC(=O)CC(C)CCC=C(C)C. The molecule has 0 radical (unpaired) electrons. The molecule has 0 aromatic rings. The van der Waals surface area contributed by atoms with Gasteiger partial charge in [-0.15, -0.1) is 0 Å². The molecular formula is C12H22OS. The fourth-order valence-corrected chi connectivity index (χ4v) is 1.99. The van der Waals surface area contributed by atoms with Crippen molar-refractivity contribution in [1.82, 2.24) is 0 Å². The average molecular weight is 214 g/mol. The van der Waals surface area contributed by atoms with Crippen LogP contribution >= 0.6 is 11.8 Å². The number of hydrogen-bond acceptors (Lipinski definition) is 2. The second-order valence-corrected chi connectivity index (χ2v) is 5.29. The van der Waals surface area contributed by atoms with E-state index in [1.807, 2.05) is 6.92 Å². The summed E-state index contributed by atoms with van der Waals surface area (Å²) in [7, 11) is 0. The second kappa shape index (κ2) is 8.10. The molecule has 0 amide bonds. The van der Waals surface area contributed by atoms with Gasteiger partial charge in [0.25, 0.3) is 0 Å². The van der Waals surface area contributed by atoms with Gasteiger partial charge in [0.15, 0.2) is 5.12 Å². The molecule has 1 unspecified atom stereocenters. The lowest BCUT2D eigenvalue weighted by Crippen LogP contribution is -2.02. The van der Waals surface area contributed by atoms with Crippen LogP contribution in [0, 0.1) is 5.92 Å². The molecule has 0 saturated heterocycles. The number of rotatable bonds is 6. The number of carbonyl (C=O) groups is 1. The number of carbonyl (C=O) groups excluding carboxylic acids is 1. The summed E-state index contributed by atoms with van der Waals surface area (Å²) in [6, 6.07) is 0. The minimum atomic E-state index is 0.345. The minimum absolute atomic E-state index is 0.345. The molecule has 0 bridgehead atoms. The predicted molar refractivity (Wildman–Crippen MR) is 65.6 cm³/mol. The molecule has 0 aliphatic heterocycles. The lowest BCUT2D eigenvalue weighted by Gasteiger charge is -2.07. The van der Waals surface area contributed by atoms with Crippen molar-refractivity contribution < 1.29 is 4.79 Å². The van der Waals surface area contributed by atoms with E-state index in [4.69, 9.17) is 0 Å². The molecule has 1 nitrogen and oxygen atoms in total. The summed E-state index contributed by atoms with van der Waals surface area (Å²) in [6.07, 6.45) is 5.21. The first-order chi connectivity index (χ1) is 6.56. The highest BCUT2D eigenvalue weighted by Gasteiger charge is 2.07. The van der Waals surface area contributed by atoms with Gasteiger partial charge in [0, 0.05) is 6.42 Å². The van der Waals surface area contributed by atoms with Gasteiger partial charge in [0.2, 0.25) is 0 Å². The van der Waals surface area contributed by atoms with Crippen molar-refractivity contribution in [3.8, 4) is 0 Å². The van der Waals surface area contributed by atoms with Crippen LogP contribution in [0.2, 0.25) is 0 Å². The zero-order valence-electron chi connectivity index (χ0n) is 9.80. The largest absolute Gasteiger partial charge is 0.287 e. The first-order valence-electron chi connectivity index (χ1n) is 5.35. The maximum atomic E-state index is 11.3. The Bertz CT molecular complexity index is 192. The van der Waals surface area contributed by atoms with Gasteiger partial charge in [-0.3, -0.25) is 4.79 Å². The fourth-order valence-electron chi connectivity index (χ4n) is 1.26. The van der Waals surface area contributed by atoms with Crippen molar-refractivity contribution in [2.45, 2.75) is 47.0 Å². The Morgan fingerprint density at radius 3 is 2.57 bits per heavy atom. The molecule has 0 aromatic heterocycles.